The molecule has 0 atom stereocenters. The molecule has 7 heteroatoms. The summed E-state index contributed by atoms with van der Waals surface area (Å²) in [6.07, 6.45) is 19.9. The van der Waals surface area contributed by atoms with Crippen LogP contribution in [0.4, 0.5) is 0 Å². The van der Waals surface area contributed by atoms with Gasteiger partial charge in [-0.05, 0) is 131 Å². The predicted molar refractivity (Wildman–Crippen MR) is 206 cm³/mol. The minimum Gasteiger partial charge on any atom is -0.493 e. The summed E-state index contributed by atoms with van der Waals surface area (Å²) in [5, 5.41) is 20.1. The molecule has 0 spiro atoms. The summed E-state index contributed by atoms with van der Waals surface area (Å²) in [6, 6.07) is 4.64. The molecular formula is C44H70O7. The summed E-state index contributed by atoms with van der Waals surface area (Å²) >= 11 is 0. The van der Waals surface area contributed by atoms with Gasteiger partial charge in [0.15, 0.2) is 0 Å². The number of esters is 2. The van der Waals surface area contributed by atoms with Crippen LogP contribution in [0.15, 0.2) is 36.4 Å². The highest BCUT2D eigenvalue weighted by Crippen LogP contribution is 2.45. The molecule has 2 fully saturated rings. The van der Waals surface area contributed by atoms with Gasteiger partial charge in [0.05, 0.1) is 33.0 Å². The van der Waals surface area contributed by atoms with Gasteiger partial charge in [-0.3, -0.25) is 0 Å². The number of hydrogen-bond donors (Lipinski definition) is 2. The van der Waals surface area contributed by atoms with Crippen LogP contribution in [-0.4, -0.2) is 55.2 Å². The Morgan fingerprint density at radius 1 is 0.745 bits per heavy atom. The van der Waals surface area contributed by atoms with E-state index in [0.717, 1.165) is 34.6 Å². The molecule has 0 radical (unpaired) electrons. The van der Waals surface area contributed by atoms with E-state index in [-0.39, 0.29) is 25.2 Å². The van der Waals surface area contributed by atoms with Gasteiger partial charge in [-0.15, -0.1) is 0 Å². The first-order valence-electron chi connectivity index (χ1n) is 20.2. The molecule has 51 heavy (non-hydrogen) atoms. The van der Waals surface area contributed by atoms with Crippen LogP contribution in [0.5, 0.6) is 5.75 Å². The summed E-state index contributed by atoms with van der Waals surface area (Å²) in [5.41, 5.74) is 3.70. The van der Waals surface area contributed by atoms with Gasteiger partial charge in [0, 0.05) is 16.6 Å². The highest BCUT2D eigenvalue weighted by molar-refractivity contribution is 5.87. The fourth-order valence-electron chi connectivity index (χ4n) is 8.21. The Labute approximate surface area is 309 Å². The first kappa shape index (κ1) is 42.8. The zero-order valence-corrected chi connectivity index (χ0v) is 32.6. The Hall–Kier alpha value is -2.64. The maximum absolute atomic E-state index is 12.1. The molecule has 0 unspecified atom stereocenters. The van der Waals surface area contributed by atoms with E-state index in [2.05, 4.69) is 32.2 Å². The number of aliphatic hydroxyl groups excluding tert-OH is 2. The van der Waals surface area contributed by atoms with E-state index in [1.54, 1.807) is 13.8 Å². The molecule has 2 aliphatic rings. The van der Waals surface area contributed by atoms with E-state index in [9.17, 15) is 19.8 Å². The van der Waals surface area contributed by atoms with E-state index < -0.39 is 5.41 Å². The molecule has 2 aliphatic carbocycles. The van der Waals surface area contributed by atoms with Crippen LogP contribution < -0.4 is 4.74 Å². The number of unbranched alkanes of at least 4 members (excludes halogenated alkanes) is 2. The molecule has 0 bridgehead atoms. The van der Waals surface area contributed by atoms with Gasteiger partial charge in [0.2, 0.25) is 0 Å². The van der Waals surface area contributed by atoms with Crippen molar-refractivity contribution in [2.45, 2.75) is 149 Å². The monoisotopic (exact) mass is 711 g/mol. The topological polar surface area (TPSA) is 102 Å². The number of carbonyl (C=O) groups excluding carboxylic acids is 2. The third kappa shape index (κ3) is 13.7. The van der Waals surface area contributed by atoms with Crippen molar-refractivity contribution < 1.29 is 34.0 Å². The van der Waals surface area contributed by atoms with Crippen molar-refractivity contribution in [3.63, 3.8) is 0 Å². The minimum atomic E-state index is -0.597. The number of aliphatic hydroxyl groups is 2. The van der Waals surface area contributed by atoms with Gasteiger partial charge in [0.25, 0.3) is 0 Å². The minimum absolute atomic E-state index is 0.104. The van der Waals surface area contributed by atoms with Gasteiger partial charge in [-0.25, -0.2) is 9.59 Å². The third-order valence-corrected chi connectivity index (χ3v) is 11.9. The van der Waals surface area contributed by atoms with Crippen LogP contribution in [0.3, 0.4) is 0 Å². The quantitative estimate of drug-likeness (QED) is 0.0663. The van der Waals surface area contributed by atoms with Gasteiger partial charge >= 0.3 is 11.9 Å². The van der Waals surface area contributed by atoms with E-state index in [1.807, 2.05) is 6.92 Å². The molecule has 0 saturated heterocycles. The van der Waals surface area contributed by atoms with Gasteiger partial charge in [-0.1, -0.05) is 77.7 Å². The molecule has 1 aromatic carbocycles. The second-order valence-corrected chi connectivity index (χ2v) is 15.9. The Morgan fingerprint density at radius 3 is 1.71 bits per heavy atom. The van der Waals surface area contributed by atoms with E-state index >= 15 is 0 Å². The lowest BCUT2D eigenvalue weighted by Crippen LogP contribution is -2.31. The van der Waals surface area contributed by atoms with Crippen LogP contribution in [0.2, 0.25) is 0 Å². The SMILES string of the molecule is C=C(C)C(=O)OCCCc1cc(C2CCC(C3CCC(CCCCC)CC3)CC2)cc(CCCOC(=O)C(=C)C)c1OCCC(CC)(CO)CO. The zero-order chi connectivity index (χ0) is 37.2. The van der Waals surface area contributed by atoms with Crippen LogP contribution >= 0.6 is 0 Å². The zero-order valence-electron chi connectivity index (χ0n) is 32.6. The second kappa shape index (κ2) is 22.4. The van der Waals surface area contributed by atoms with Crippen molar-refractivity contribution in [2.24, 2.45) is 23.2 Å². The third-order valence-electron chi connectivity index (χ3n) is 11.9. The molecule has 0 aromatic heterocycles. The highest BCUT2D eigenvalue weighted by atomic mass is 16.5. The summed E-state index contributed by atoms with van der Waals surface area (Å²) in [6.45, 7) is 15.7. The Bertz CT molecular complexity index is 1170. The predicted octanol–water partition coefficient (Wildman–Crippen LogP) is 9.60. The molecule has 288 valence electrons. The van der Waals surface area contributed by atoms with Crippen molar-refractivity contribution in [3.05, 3.63) is 53.1 Å². The normalized spacial score (nSPS) is 20.8. The average molecular weight is 711 g/mol. The van der Waals surface area contributed by atoms with Crippen LogP contribution in [0, 0.1) is 23.2 Å². The highest BCUT2D eigenvalue weighted by Gasteiger charge is 2.32. The average Bonchev–Trinajstić information content (AvgIpc) is 3.14. The summed E-state index contributed by atoms with van der Waals surface area (Å²) < 4.78 is 17.5. The van der Waals surface area contributed by atoms with Crippen molar-refractivity contribution >= 4 is 11.9 Å². The first-order valence-corrected chi connectivity index (χ1v) is 20.2. The molecule has 7 nitrogen and oxygen atoms in total. The number of rotatable bonds is 23. The van der Waals surface area contributed by atoms with E-state index in [4.69, 9.17) is 14.2 Å². The van der Waals surface area contributed by atoms with Crippen LogP contribution in [-0.2, 0) is 31.9 Å². The van der Waals surface area contributed by atoms with Gasteiger partial charge in [0.1, 0.15) is 5.75 Å². The molecule has 1 aromatic rings. The van der Waals surface area contributed by atoms with Crippen molar-refractivity contribution in [3.8, 4) is 5.75 Å². The largest absolute Gasteiger partial charge is 0.493 e. The van der Waals surface area contributed by atoms with Gasteiger partial charge < -0.3 is 24.4 Å². The lowest BCUT2D eigenvalue weighted by Gasteiger charge is -2.38. The summed E-state index contributed by atoms with van der Waals surface area (Å²) in [7, 11) is 0. The summed E-state index contributed by atoms with van der Waals surface area (Å²) in [5.74, 6) is 3.21. The molecule has 0 heterocycles. The van der Waals surface area contributed by atoms with Crippen molar-refractivity contribution in [2.75, 3.05) is 33.0 Å². The van der Waals surface area contributed by atoms with Crippen molar-refractivity contribution in [1.82, 2.24) is 0 Å². The second-order valence-electron chi connectivity index (χ2n) is 15.9. The summed E-state index contributed by atoms with van der Waals surface area (Å²) in [4.78, 5) is 24.1. The Balaban J connectivity index is 1.79. The lowest BCUT2D eigenvalue weighted by molar-refractivity contribution is -0.139. The fraction of sp³-hybridized carbons (Fsp3) is 0.727. The Morgan fingerprint density at radius 2 is 1.25 bits per heavy atom. The van der Waals surface area contributed by atoms with E-state index in [0.29, 0.717) is 75.4 Å². The number of benzene rings is 1. The molecule has 3 rings (SSSR count). The number of aryl methyl sites for hydroxylation is 2. The maximum atomic E-state index is 12.1. The molecular weight excluding hydrogens is 640 g/mol. The first-order chi connectivity index (χ1) is 24.6. The molecule has 2 N–H and O–H groups in total. The standard InChI is InChI=1S/C44H70O7/c1-7-9-10-13-34-16-18-35(19-17-34)36-20-22-37(23-21-36)40-28-38(14-11-25-50-42(47)32(3)4)41(49-27-24-44(8-2,30-45)31-46)39(29-40)15-12-26-51-43(48)33(5)6/h28-29,34-37,45-46H,3,5,7-27,30-31H2,1-2,4,6H3. The molecule has 0 amide bonds. The molecule has 2 saturated carbocycles. The van der Waals surface area contributed by atoms with Crippen LogP contribution in [0.1, 0.15) is 153 Å². The van der Waals surface area contributed by atoms with E-state index in [1.165, 1.54) is 82.6 Å². The van der Waals surface area contributed by atoms with Crippen molar-refractivity contribution in [1.29, 1.82) is 0 Å². The van der Waals surface area contributed by atoms with Gasteiger partial charge in [-0.2, -0.15) is 0 Å². The Kier molecular flexibility index (Phi) is 18.8. The smallest absolute Gasteiger partial charge is 0.333 e. The van der Waals surface area contributed by atoms with Crippen LogP contribution in [0.25, 0.3) is 0 Å². The number of ether oxygens (including phenoxy) is 3. The number of carbonyl (C=O) groups is 2. The number of hydrogen-bond acceptors (Lipinski definition) is 7. The lowest BCUT2D eigenvalue weighted by atomic mass is 9.67. The molecule has 0 aliphatic heterocycles. The maximum Gasteiger partial charge on any atom is 0.333 e. The fourth-order valence-corrected chi connectivity index (χ4v) is 8.21.